The van der Waals surface area contributed by atoms with E-state index in [1.807, 2.05) is 25.1 Å². The van der Waals surface area contributed by atoms with Crippen molar-refractivity contribution in [3.8, 4) is 5.75 Å². The van der Waals surface area contributed by atoms with Gasteiger partial charge in [-0.15, -0.1) is 0 Å². The number of anilines is 1. The summed E-state index contributed by atoms with van der Waals surface area (Å²) >= 11 is 12.7. The molecule has 3 atom stereocenters. The molecule has 0 saturated carbocycles. The Labute approximate surface area is 152 Å². The van der Waals surface area contributed by atoms with E-state index in [1.165, 1.54) is 11.1 Å². The van der Waals surface area contributed by atoms with E-state index in [2.05, 4.69) is 29.6 Å². The quantitative estimate of drug-likeness (QED) is 0.656. The van der Waals surface area contributed by atoms with Gasteiger partial charge in [0.1, 0.15) is 5.75 Å². The SMILES string of the molecule is CCOc1ccccc1C1Nc2c(Cl)cc(Cl)cc2C2C=CCC21. The van der Waals surface area contributed by atoms with Gasteiger partial charge in [-0.05, 0) is 43.0 Å². The standard InChI is InChI=1S/C20H19Cl2NO/c1-2-24-18-9-4-3-6-15(18)19-14-8-5-7-13(14)16-10-12(21)11-17(22)20(16)23-19/h3-7,9-11,13-14,19,23H,2,8H2,1H3. The highest BCUT2D eigenvalue weighted by atomic mass is 35.5. The number of hydrogen-bond acceptors (Lipinski definition) is 2. The molecule has 0 spiro atoms. The zero-order valence-electron chi connectivity index (χ0n) is 13.4. The van der Waals surface area contributed by atoms with E-state index in [0.29, 0.717) is 28.5 Å². The van der Waals surface area contributed by atoms with Crippen LogP contribution in [0.1, 0.15) is 36.4 Å². The van der Waals surface area contributed by atoms with Crippen molar-refractivity contribution in [2.24, 2.45) is 5.92 Å². The molecule has 2 nitrogen and oxygen atoms in total. The molecule has 0 amide bonds. The number of ether oxygens (including phenoxy) is 1. The minimum Gasteiger partial charge on any atom is -0.494 e. The molecule has 124 valence electrons. The van der Waals surface area contributed by atoms with Crippen molar-refractivity contribution in [3.05, 3.63) is 69.7 Å². The Morgan fingerprint density at radius 2 is 2.00 bits per heavy atom. The van der Waals surface area contributed by atoms with Crippen LogP contribution in [0.25, 0.3) is 0 Å². The van der Waals surface area contributed by atoms with Gasteiger partial charge in [-0.1, -0.05) is 53.6 Å². The molecule has 2 aromatic carbocycles. The second-order valence-electron chi connectivity index (χ2n) is 6.30. The molecule has 1 aliphatic carbocycles. The van der Waals surface area contributed by atoms with Crippen LogP contribution in [0.3, 0.4) is 0 Å². The van der Waals surface area contributed by atoms with Crippen LogP contribution in [-0.4, -0.2) is 6.61 Å². The summed E-state index contributed by atoms with van der Waals surface area (Å²) in [5.74, 6) is 1.71. The van der Waals surface area contributed by atoms with Gasteiger partial charge in [0.2, 0.25) is 0 Å². The number of fused-ring (bicyclic) bond motifs is 3. The third-order valence-electron chi connectivity index (χ3n) is 4.94. The molecule has 2 aromatic rings. The van der Waals surface area contributed by atoms with E-state index in [9.17, 15) is 0 Å². The summed E-state index contributed by atoms with van der Waals surface area (Å²) in [7, 11) is 0. The number of para-hydroxylation sites is 1. The lowest BCUT2D eigenvalue weighted by Gasteiger charge is -2.38. The van der Waals surface area contributed by atoms with Crippen molar-refractivity contribution < 1.29 is 4.74 Å². The van der Waals surface area contributed by atoms with Crippen LogP contribution < -0.4 is 10.1 Å². The zero-order valence-corrected chi connectivity index (χ0v) is 14.9. The molecule has 24 heavy (non-hydrogen) atoms. The summed E-state index contributed by atoms with van der Waals surface area (Å²) in [4.78, 5) is 0. The molecule has 0 saturated heterocycles. The maximum Gasteiger partial charge on any atom is 0.124 e. The summed E-state index contributed by atoms with van der Waals surface area (Å²) in [6.07, 6.45) is 5.58. The Bertz CT molecular complexity index is 802. The normalized spacial score (nSPS) is 24.2. The van der Waals surface area contributed by atoms with Crippen molar-refractivity contribution in [1.82, 2.24) is 0 Å². The van der Waals surface area contributed by atoms with E-state index >= 15 is 0 Å². The molecule has 0 bridgehead atoms. The highest BCUT2D eigenvalue weighted by molar-refractivity contribution is 6.36. The minimum absolute atomic E-state index is 0.166. The molecule has 4 rings (SSSR count). The molecule has 0 radical (unpaired) electrons. The molecule has 0 aromatic heterocycles. The second-order valence-corrected chi connectivity index (χ2v) is 7.14. The van der Waals surface area contributed by atoms with Crippen LogP contribution >= 0.6 is 23.2 Å². The molecule has 1 heterocycles. The number of benzene rings is 2. The van der Waals surface area contributed by atoms with Gasteiger partial charge >= 0.3 is 0 Å². The molecule has 2 aliphatic rings. The molecule has 1 N–H and O–H groups in total. The molecular weight excluding hydrogens is 341 g/mol. The molecule has 4 heteroatoms. The maximum atomic E-state index is 6.49. The molecule has 1 aliphatic heterocycles. The van der Waals surface area contributed by atoms with Crippen molar-refractivity contribution in [3.63, 3.8) is 0 Å². The Morgan fingerprint density at radius 1 is 1.17 bits per heavy atom. The highest BCUT2D eigenvalue weighted by Gasteiger charge is 2.39. The van der Waals surface area contributed by atoms with E-state index in [0.717, 1.165) is 17.9 Å². The first-order valence-electron chi connectivity index (χ1n) is 8.33. The van der Waals surface area contributed by atoms with Gasteiger partial charge in [-0.25, -0.2) is 0 Å². The van der Waals surface area contributed by atoms with Gasteiger partial charge in [-0.2, -0.15) is 0 Å². The smallest absolute Gasteiger partial charge is 0.124 e. The predicted molar refractivity (Wildman–Crippen MR) is 100 cm³/mol. The second kappa shape index (κ2) is 6.34. The minimum atomic E-state index is 0.166. The summed E-state index contributed by atoms with van der Waals surface area (Å²) in [6, 6.07) is 12.3. The number of nitrogens with one attached hydrogen (secondary N) is 1. The Kier molecular flexibility index (Phi) is 4.19. The average molecular weight is 360 g/mol. The fourth-order valence-electron chi connectivity index (χ4n) is 3.95. The lowest BCUT2D eigenvalue weighted by Crippen LogP contribution is -2.29. The van der Waals surface area contributed by atoms with Crippen molar-refractivity contribution in [2.75, 3.05) is 11.9 Å². The van der Waals surface area contributed by atoms with Crippen LogP contribution in [-0.2, 0) is 0 Å². The lowest BCUT2D eigenvalue weighted by atomic mass is 9.77. The number of allylic oxidation sites excluding steroid dienone is 2. The van der Waals surface area contributed by atoms with Crippen LogP contribution in [0.15, 0.2) is 48.6 Å². The van der Waals surface area contributed by atoms with Gasteiger partial charge in [0.15, 0.2) is 0 Å². The number of halogens is 2. The largest absolute Gasteiger partial charge is 0.494 e. The fraction of sp³-hybridized carbons (Fsp3) is 0.300. The summed E-state index contributed by atoms with van der Waals surface area (Å²) in [5.41, 5.74) is 3.37. The van der Waals surface area contributed by atoms with Crippen molar-refractivity contribution in [2.45, 2.75) is 25.3 Å². The monoisotopic (exact) mass is 359 g/mol. The van der Waals surface area contributed by atoms with Crippen molar-refractivity contribution in [1.29, 1.82) is 0 Å². The van der Waals surface area contributed by atoms with Gasteiger partial charge in [0, 0.05) is 16.5 Å². The molecule has 3 unspecified atom stereocenters. The zero-order chi connectivity index (χ0) is 16.7. The van der Waals surface area contributed by atoms with Crippen LogP contribution in [0, 0.1) is 5.92 Å². The topological polar surface area (TPSA) is 21.3 Å². The summed E-state index contributed by atoms with van der Waals surface area (Å²) < 4.78 is 5.86. The third-order valence-corrected chi connectivity index (χ3v) is 5.46. The van der Waals surface area contributed by atoms with Gasteiger partial charge in [0.25, 0.3) is 0 Å². The first kappa shape index (κ1) is 15.9. The maximum absolute atomic E-state index is 6.49. The van der Waals surface area contributed by atoms with Gasteiger partial charge in [-0.3, -0.25) is 0 Å². The van der Waals surface area contributed by atoms with Gasteiger partial charge in [0.05, 0.1) is 23.4 Å². The lowest BCUT2D eigenvalue weighted by molar-refractivity contribution is 0.326. The first-order chi connectivity index (χ1) is 11.7. The van der Waals surface area contributed by atoms with E-state index in [4.69, 9.17) is 27.9 Å². The van der Waals surface area contributed by atoms with Crippen LogP contribution in [0.2, 0.25) is 10.0 Å². The Balaban J connectivity index is 1.82. The Morgan fingerprint density at radius 3 is 2.83 bits per heavy atom. The number of rotatable bonds is 3. The average Bonchev–Trinajstić information content (AvgIpc) is 3.05. The Hall–Kier alpha value is -1.64. The predicted octanol–water partition coefficient (Wildman–Crippen LogP) is 6.22. The van der Waals surface area contributed by atoms with Crippen LogP contribution in [0.4, 0.5) is 5.69 Å². The van der Waals surface area contributed by atoms with E-state index in [1.54, 1.807) is 6.07 Å². The van der Waals surface area contributed by atoms with Gasteiger partial charge < -0.3 is 10.1 Å². The fourth-order valence-corrected chi connectivity index (χ4v) is 4.52. The van der Waals surface area contributed by atoms with Crippen LogP contribution in [0.5, 0.6) is 5.75 Å². The third kappa shape index (κ3) is 2.58. The van der Waals surface area contributed by atoms with Crippen molar-refractivity contribution >= 4 is 28.9 Å². The summed E-state index contributed by atoms with van der Waals surface area (Å²) in [5, 5.41) is 5.03. The highest BCUT2D eigenvalue weighted by Crippen LogP contribution is 2.53. The van der Waals surface area contributed by atoms with E-state index < -0.39 is 0 Å². The number of hydrogen-bond donors (Lipinski definition) is 1. The summed E-state index contributed by atoms with van der Waals surface area (Å²) in [6.45, 7) is 2.67. The first-order valence-corrected chi connectivity index (χ1v) is 9.08. The van der Waals surface area contributed by atoms with E-state index in [-0.39, 0.29) is 6.04 Å². The molecule has 0 fully saturated rings. The molecular formula is C20H19Cl2NO.